The normalized spacial score (nSPS) is 9.67. The third-order valence-corrected chi connectivity index (χ3v) is 2.16. The van der Waals surface area contributed by atoms with Gasteiger partial charge in [0.05, 0.1) is 0 Å². The Morgan fingerprint density at radius 3 is 2.53 bits per heavy atom. The van der Waals surface area contributed by atoms with Crippen molar-refractivity contribution in [3.05, 3.63) is 12.7 Å². The van der Waals surface area contributed by atoms with Gasteiger partial charge in [0.15, 0.2) is 5.78 Å². The molecule has 86 valence electrons. The Morgan fingerprint density at radius 1 is 1.20 bits per heavy atom. The van der Waals surface area contributed by atoms with Crippen molar-refractivity contribution in [2.45, 2.75) is 45.4 Å². The topological polar surface area (TPSA) is 46.2 Å². The number of ketones is 1. The van der Waals surface area contributed by atoms with Gasteiger partial charge in [-0.15, -0.1) is 0 Å². The minimum atomic E-state index is 0.0373. The standard InChI is InChI=1S/C12H21NO2/c1-3-5-6-9-12(15)13-10-7-8-11(14)4-2/h4H,2-3,5-10H2,1H3,(H,13,15). The van der Waals surface area contributed by atoms with Crippen molar-refractivity contribution in [3.63, 3.8) is 0 Å². The minimum absolute atomic E-state index is 0.0373. The molecule has 15 heavy (non-hydrogen) atoms. The molecule has 1 amide bonds. The number of nitrogens with one attached hydrogen (secondary N) is 1. The Balaban J connectivity index is 3.31. The van der Waals surface area contributed by atoms with Crippen molar-refractivity contribution in [3.8, 4) is 0 Å². The molecule has 0 saturated heterocycles. The van der Waals surface area contributed by atoms with Gasteiger partial charge in [0.1, 0.15) is 0 Å². The zero-order valence-electron chi connectivity index (χ0n) is 9.55. The quantitative estimate of drug-likeness (QED) is 0.469. The second kappa shape index (κ2) is 9.44. The lowest BCUT2D eigenvalue weighted by Gasteiger charge is -2.03. The smallest absolute Gasteiger partial charge is 0.219 e. The average molecular weight is 211 g/mol. The van der Waals surface area contributed by atoms with Gasteiger partial charge in [-0.25, -0.2) is 0 Å². The lowest BCUT2D eigenvalue weighted by Crippen LogP contribution is -2.24. The summed E-state index contributed by atoms with van der Waals surface area (Å²) in [6.45, 7) is 6.09. The molecule has 0 unspecified atom stereocenters. The fraction of sp³-hybridized carbons (Fsp3) is 0.667. The van der Waals surface area contributed by atoms with Gasteiger partial charge < -0.3 is 5.32 Å². The Morgan fingerprint density at radius 2 is 1.93 bits per heavy atom. The molecule has 0 aromatic carbocycles. The molecule has 0 atom stereocenters. The Labute approximate surface area is 91.9 Å². The zero-order chi connectivity index (χ0) is 11.5. The maximum Gasteiger partial charge on any atom is 0.219 e. The molecule has 3 heteroatoms. The maximum atomic E-state index is 11.2. The number of amides is 1. The molecule has 0 aliphatic rings. The first-order chi connectivity index (χ1) is 7.20. The largest absolute Gasteiger partial charge is 0.356 e. The summed E-state index contributed by atoms with van der Waals surface area (Å²) in [5.74, 6) is 0.129. The molecule has 0 aromatic rings. The molecule has 0 aliphatic carbocycles. The number of carbonyl (C=O) groups excluding carboxylic acids is 2. The van der Waals surface area contributed by atoms with E-state index in [2.05, 4.69) is 18.8 Å². The van der Waals surface area contributed by atoms with Gasteiger partial charge in [0, 0.05) is 19.4 Å². The van der Waals surface area contributed by atoms with Crippen LogP contribution in [0.3, 0.4) is 0 Å². The van der Waals surface area contributed by atoms with E-state index in [0.717, 1.165) is 19.3 Å². The molecule has 0 spiro atoms. The molecule has 1 N–H and O–H groups in total. The van der Waals surface area contributed by atoms with Crippen LogP contribution in [0.5, 0.6) is 0 Å². The van der Waals surface area contributed by atoms with Crippen LogP contribution in [0.15, 0.2) is 12.7 Å². The van der Waals surface area contributed by atoms with Gasteiger partial charge in [0.2, 0.25) is 5.91 Å². The second-order valence-corrected chi connectivity index (χ2v) is 3.58. The molecular formula is C12H21NO2. The lowest BCUT2D eigenvalue weighted by atomic mass is 10.2. The predicted molar refractivity (Wildman–Crippen MR) is 61.6 cm³/mol. The van der Waals surface area contributed by atoms with E-state index in [1.54, 1.807) is 0 Å². The fourth-order valence-corrected chi connectivity index (χ4v) is 1.22. The van der Waals surface area contributed by atoms with Crippen molar-refractivity contribution < 1.29 is 9.59 Å². The number of hydrogen-bond donors (Lipinski definition) is 1. The summed E-state index contributed by atoms with van der Waals surface area (Å²) in [5, 5.41) is 2.80. The van der Waals surface area contributed by atoms with Gasteiger partial charge >= 0.3 is 0 Å². The number of allylic oxidation sites excluding steroid dienone is 1. The summed E-state index contributed by atoms with van der Waals surface area (Å²) in [6.07, 6.45) is 6.27. The number of unbranched alkanes of at least 4 members (excludes halogenated alkanes) is 2. The van der Waals surface area contributed by atoms with E-state index in [-0.39, 0.29) is 11.7 Å². The van der Waals surface area contributed by atoms with Gasteiger partial charge in [-0.05, 0) is 18.9 Å². The molecule has 0 rings (SSSR count). The molecule has 0 fully saturated rings. The van der Waals surface area contributed by atoms with E-state index in [0.29, 0.717) is 25.8 Å². The first-order valence-corrected chi connectivity index (χ1v) is 5.62. The lowest BCUT2D eigenvalue weighted by molar-refractivity contribution is -0.121. The van der Waals surface area contributed by atoms with Crippen LogP contribution in [0.1, 0.15) is 45.4 Å². The van der Waals surface area contributed by atoms with Crippen LogP contribution in [0.2, 0.25) is 0 Å². The fourth-order valence-electron chi connectivity index (χ4n) is 1.22. The minimum Gasteiger partial charge on any atom is -0.356 e. The zero-order valence-corrected chi connectivity index (χ0v) is 9.55. The van der Waals surface area contributed by atoms with E-state index in [1.165, 1.54) is 6.08 Å². The molecule has 0 heterocycles. The van der Waals surface area contributed by atoms with Crippen molar-refractivity contribution in [2.24, 2.45) is 0 Å². The Bertz CT molecular complexity index is 212. The second-order valence-electron chi connectivity index (χ2n) is 3.58. The van der Waals surface area contributed by atoms with E-state index in [4.69, 9.17) is 0 Å². The van der Waals surface area contributed by atoms with Crippen LogP contribution >= 0.6 is 0 Å². The molecular weight excluding hydrogens is 190 g/mol. The van der Waals surface area contributed by atoms with Crippen LogP contribution in [-0.2, 0) is 9.59 Å². The summed E-state index contributed by atoms with van der Waals surface area (Å²) in [7, 11) is 0. The van der Waals surface area contributed by atoms with Crippen molar-refractivity contribution in [2.75, 3.05) is 6.54 Å². The highest BCUT2D eigenvalue weighted by molar-refractivity contribution is 5.89. The van der Waals surface area contributed by atoms with Crippen LogP contribution < -0.4 is 5.32 Å². The van der Waals surface area contributed by atoms with Gasteiger partial charge in [-0.3, -0.25) is 9.59 Å². The van der Waals surface area contributed by atoms with Crippen LogP contribution in [0.25, 0.3) is 0 Å². The van der Waals surface area contributed by atoms with Crippen molar-refractivity contribution in [1.29, 1.82) is 0 Å². The highest BCUT2D eigenvalue weighted by atomic mass is 16.1. The third kappa shape index (κ3) is 9.19. The van der Waals surface area contributed by atoms with Crippen LogP contribution in [-0.4, -0.2) is 18.2 Å². The Kier molecular flexibility index (Phi) is 8.73. The van der Waals surface area contributed by atoms with Crippen LogP contribution in [0.4, 0.5) is 0 Å². The maximum absolute atomic E-state index is 11.2. The SMILES string of the molecule is C=CC(=O)CCCNC(=O)CCCCC. The number of carbonyl (C=O) groups is 2. The average Bonchev–Trinajstić information content (AvgIpc) is 2.24. The van der Waals surface area contributed by atoms with E-state index >= 15 is 0 Å². The highest BCUT2D eigenvalue weighted by Crippen LogP contribution is 1.98. The van der Waals surface area contributed by atoms with Gasteiger partial charge in [0.25, 0.3) is 0 Å². The van der Waals surface area contributed by atoms with E-state index in [1.807, 2.05) is 0 Å². The number of rotatable bonds is 9. The Hall–Kier alpha value is -1.12. The molecule has 3 nitrogen and oxygen atoms in total. The first kappa shape index (κ1) is 13.9. The number of hydrogen-bond acceptors (Lipinski definition) is 2. The van der Waals surface area contributed by atoms with Crippen molar-refractivity contribution in [1.82, 2.24) is 5.32 Å². The molecule has 0 aromatic heterocycles. The summed E-state index contributed by atoms with van der Waals surface area (Å²) < 4.78 is 0. The van der Waals surface area contributed by atoms with E-state index < -0.39 is 0 Å². The summed E-state index contributed by atoms with van der Waals surface area (Å²) in [6, 6.07) is 0. The van der Waals surface area contributed by atoms with Crippen LogP contribution in [0, 0.1) is 0 Å². The third-order valence-electron chi connectivity index (χ3n) is 2.16. The molecule has 0 bridgehead atoms. The monoisotopic (exact) mass is 211 g/mol. The molecule has 0 radical (unpaired) electrons. The summed E-state index contributed by atoms with van der Waals surface area (Å²) in [5.41, 5.74) is 0. The molecule has 0 aliphatic heterocycles. The highest BCUT2D eigenvalue weighted by Gasteiger charge is 2.00. The van der Waals surface area contributed by atoms with Crippen molar-refractivity contribution >= 4 is 11.7 Å². The predicted octanol–water partition coefficient (Wildman–Crippen LogP) is 2.22. The summed E-state index contributed by atoms with van der Waals surface area (Å²) >= 11 is 0. The first-order valence-electron chi connectivity index (χ1n) is 5.62. The molecule has 0 saturated carbocycles. The van der Waals surface area contributed by atoms with Gasteiger partial charge in [-0.2, -0.15) is 0 Å². The van der Waals surface area contributed by atoms with Gasteiger partial charge in [-0.1, -0.05) is 26.3 Å². The van der Waals surface area contributed by atoms with E-state index in [9.17, 15) is 9.59 Å². The summed E-state index contributed by atoms with van der Waals surface area (Å²) in [4.78, 5) is 22.1.